The number of rotatable bonds is 5. The molecule has 0 fully saturated rings. The van der Waals surface area contributed by atoms with E-state index in [1.807, 2.05) is 30.3 Å². The van der Waals surface area contributed by atoms with E-state index >= 15 is 0 Å². The minimum Gasteiger partial charge on any atom is -0.309 e. The Hall–Kier alpha value is -7.22. The summed E-state index contributed by atoms with van der Waals surface area (Å²) >= 11 is 0. The van der Waals surface area contributed by atoms with Crippen LogP contribution in [0.3, 0.4) is 0 Å². The molecule has 0 radical (unpaired) electrons. The number of benzene rings is 7. The van der Waals surface area contributed by atoms with E-state index in [-0.39, 0.29) is 0 Å². The first-order chi connectivity index (χ1) is 25.7. The molecule has 0 aliphatic heterocycles. The maximum absolute atomic E-state index is 9.97. The summed E-state index contributed by atoms with van der Waals surface area (Å²) in [4.78, 5) is 5.18. The summed E-state index contributed by atoms with van der Waals surface area (Å²) in [5.74, 6) is 0. The van der Waals surface area contributed by atoms with Gasteiger partial charge in [-0.05, 0) is 77.9 Å². The molecule has 0 atom stereocenters. The van der Waals surface area contributed by atoms with Gasteiger partial charge in [-0.1, -0.05) is 115 Å². The van der Waals surface area contributed by atoms with Crippen molar-refractivity contribution in [2.75, 3.05) is 0 Å². The van der Waals surface area contributed by atoms with Crippen molar-refractivity contribution in [2.45, 2.75) is 0 Å². The van der Waals surface area contributed by atoms with Crippen LogP contribution in [-0.2, 0) is 0 Å². The number of nitrogens with zero attached hydrogens (tertiary/aromatic N) is 4. The summed E-state index contributed by atoms with van der Waals surface area (Å²) in [5.41, 5.74) is 13.5. The summed E-state index contributed by atoms with van der Waals surface area (Å²) in [6, 6.07) is 66.0. The zero-order valence-electron chi connectivity index (χ0n) is 28.1. The molecule has 10 aromatic rings. The Kier molecular flexibility index (Phi) is 6.84. The van der Waals surface area contributed by atoms with Crippen molar-refractivity contribution in [3.8, 4) is 51.1 Å². The maximum Gasteiger partial charge on any atom is 0.0991 e. The number of nitriles is 1. The van der Waals surface area contributed by atoms with Gasteiger partial charge in [-0.15, -0.1) is 0 Å². The Morgan fingerprint density at radius 1 is 0.404 bits per heavy atom. The van der Waals surface area contributed by atoms with Crippen molar-refractivity contribution >= 4 is 43.6 Å². The van der Waals surface area contributed by atoms with Gasteiger partial charge >= 0.3 is 0 Å². The summed E-state index contributed by atoms with van der Waals surface area (Å²) < 4.78 is 4.69. The Morgan fingerprint density at radius 2 is 0.981 bits per heavy atom. The smallest absolute Gasteiger partial charge is 0.0991 e. The second kappa shape index (κ2) is 12.0. The number of pyridine rings is 1. The van der Waals surface area contributed by atoms with Crippen molar-refractivity contribution in [2.24, 2.45) is 0 Å². The van der Waals surface area contributed by atoms with E-state index in [0.29, 0.717) is 5.56 Å². The minimum atomic E-state index is 0.642. The lowest BCUT2D eigenvalue weighted by molar-refractivity contribution is 1.17. The lowest BCUT2D eigenvalue weighted by atomic mass is 10.00. The van der Waals surface area contributed by atoms with Gasteiger partial charge < -0.3 is 9.13 Å². The molecule has 4 nitrogen and oxygen atoms in total. The van der Waals surface area contributed by atoms with Crippen LogP contribution < -0.4 is 0 Å². The molecule has 3 aromatic heterocycles. The zero-order valence-corrected chi connectivity index (χ0v) is 28.1. The Labute approximate surface area is 300 Å². The lowest BCUT2D eigenvalue weighted by Crippen LogP contribution is -1.96. The van der Waals surface area contributed by atoms with Gasteiger partial charge in [0.05, 0.1) is 45.1 Å². The third kappa shape index (κ3) is 4.72. The van der Waals surface area contributed by atoms with Gasteiger partial charge in [-0.2, -0.15) is 5.26 Å². The number of aromatic nitrogens is 3. The molecule has 0 aliphatic carbocycles. The summed E-state index contributed by atoms with van der Waals surface area (Å²) in [5, 5.41) is 14.5. The molecule has 0 bridgehead atoms. The standard InChI is InChI=1S/C48H30N4/c49-31-32-20-26-45-41(28-32)47-46(51(45)37-16-8-3-9-17-37)27-25-40-39-18-10-11-19-44(39)52(48(40)47)38-23-21-35(22-24-38)43-30-36(33-12-4-1-5-13-33)29-42(50-43)34-14-6-2-7-15-34/h1-30H. The fraction of sp³-hybridized carbons (Fsp3) is 0. The van der Waals surface area contributed by atoms with Crippen molar-refractivity contribution < 1.29 is 0 Å². The number of para-hydroxylation sites is 2. The normalized spacial score (nSPS) is 11.4. The Morgan fingerprint density at radius 3 is 1.69 bits per heavy atom. The van der Waals surface area contributed by atoms with Crippen LogP contribution in [0.5, 0.6) is 0 Å². The highest BCUT2D eigenvalue weighted by molar-refractivity contribution is 6.26. The number of fused-ring (bicyclic) bond motifs is 7. The van der Waals surface area contributed by atoms with E-state index in [9.17, 15) is 5.26 Å². The highest BCUT2D eigenvalue weighted by Gasteiger charge is 2.21. The van der Waals surface area contributed by atoms with Gasteiger partial charge in [0.25, 0.3) is 0 Å². The van der Waals surface area contributed by atoms with Gasteiger partial charge in [0.2, 0.25) is 0 Å². The molecule has 0 saturated carbocycles. The molecule has 10 rings (SSSR count). The molecule has 0 aliphatic rings. The van der Waals surface area contributed by atoms with Crippen LogP contribution in [0.25, 0.3) is 88.6 Å². The molecular formula is C48H30N4. The number of hydrogen-bond donors (Lipinski definition) is 0. The van der Waals surface area contributed by atoms with E-state index in [1.54, 1.807) is 0 Å². The first kappa shape index (κ1) is 29.7. The van der Waals surface area contributed by atoms with Crippen molar-refractivity contribution in [1.82, 2.24) is 14.1 Å². The van der Waals surface area contributed by atoms with Crippen molar-refractivity contribution in [1.29, 1.82) is 5.26 Å². The van der Waals surface area contributed by atoms with Crippen LogP contribution in [0.2, 0.25) is 0 Å². The highest BCUT2D eigenvalue weighted by Crippen LogP contribution is 2.42. The van der Waals surface area contributed by atoms with Crippen molar-refractivity contribution in [3.63, 3.8) is 0 Å². The highest BCUT2D eigenvalue weighted by atomic mass is 15.0. The Balaban J connectivity index is 1.21. The fourth-order valence-corrected chi connectivity index (χ4v) is 7.77. The third-order valence-corrected chi connectivity index (χ3v) is 10.1. The van der Waals surface area contributed by atoms with E-state index in [0.717, 1.165) is 77.9 Å². The quantitative estimate of drug-likeness (QED) is 0.184. The molecule has 0 unspecified atom stereocenters. The van der Waals surface area contributed by atoms with Crippen LogP contribution in [0, 0.1) is 11.3 Å². The second-order valence-corrected chi connectivity index (χ2v) is 13.1. The monoisotopic (exact) mass is 662 g/mol. The predicted molar refractivity (Wildman–Crippen MR) is 214 cm³/mol. The molecule has 0 N–H and O–H groups in total. The molecule has 0 spiro atoms. The predicted octanol–water partition coefficient (Wildman–Crippen LogP) is 12.1. The van der Waals surface area contributed by atoms with E-state index < -0.39 is 0 Å². The molecule has 0 saturated heterocycles. The van der Waals surface area contributed by atoms with Gasteiger partial charge in [-0.25, -0.2) is 4.98 Å². The maximum atomic E-state index is 9.97. The molecule has 7 aromatic carbocycles. The van der Waals surface area contributed by atoms with Crippen LogP contribution in [0.4, 0.5) is 0 Å². The summed E-state index contributed by atoms with van der Waals surface area (Å²) in [6.07, 6.45) is 0. The van der Waals surface area contributed by atoms with Crippen LogP contribution in [0.15, 0.2) is 182 Å². The minimum absolute atomic E-state index is 0.642. The first-order valence-corrected chi connectivity index (χ1v) is 17.4. The van der Waals surface area contributed by atoms with E-state index in [1.165, 1.54) is 10.8 Å². The van der Waals surface area contributed by atoms with Gasteiger partial charge in [0.1, 0.15) is 0 Å². The third-order valence-electron chi connectivity index (χ3n) is 10.1. The van der Waals surface area contributed by atoms with Crippen LogP contribution >= 0.6 is 0 Å². The average molecular weight is 663 g/mol. The largest absolute Gasteiger partial charge is 0.309 e. The molecule has 242 valence electrons. The average Bonchev–Trinajstić information content (AvgIpc) is 3.74. The van der Waals surface area contributed by atoms with Crippen LogP contribution in [-0.4, -0.2) is 14.1 Å². The second-order valence-electron chi connectivity index (χ2n) is 13.1. The fourth-order valence-electron chi connectivity index (χ4n) is 7.77. The van der Waals surface area contributed by atoms with Crippen LogP contribution in [0.1, 0.15) is 5.56 Å². The molecular weight excluding hydrogens is 633 g/mol. The molecule has 52 heavy (non-hydrogen) atoms. The van der Waals surface area contributed by atoms with Gasteiger partial charge in [0, 0.05) is 44.0 Å². The SMILES string of the molecule is N#Cc1ccc2c(c1)c1c(ccc3c4ccccc4n(-c4ccc(-c5cc(-c6ccccc6)cc(-c6ccccc6)n5)cc4)c31)n2-c1ccccc1. The summed E-state index contributed by atoms with van der Waals surface area (Å²) in [7, 11) is 0. The Bertz CT molecular complexity index is 2930. The first-order valence-electron chi connectivity index (χ1n) is 17.4. The number of hydrogen-bond acceptors (Lipinski definition) is 2. The lowest BCUT2D eigenvalue weighted by Gasteiger charge is -2.12. The van der Waals surface area contributed by atoms with Gasteiger partial charge in [0.15, 0.2) is 0 Å². The zero-order chi connectivity index (χ0) is 34.6. The molecule has 3 heterocycles. The van der Waals surface area contributed by atoms with Crippen molar-refractivity contribution in [3.05, 3.63) is 188 Å². The van der Waals surface area contributed by atoms with E-state index in [2.05, 4.69) is 167 Å². The molecule has 0 amide bonds. The van der Waals surface area contributed by atoms with Gasteiger partial charge in [-0.3, -0.25) is 0 Å². The molecule has 4 heteroatoms. The topological polar surface area (TPSA) is 46.5 Å². The van der Waals surface area contributed by atoms with E-state index in [4.69, 9.17) is 4.98 Å². The summed E-state index contributed by atoms with van der Waals surface area (Å²) in [6.45, 7) is 0.